The third kappa shape index (κ3) is 3.67. The van der Waals surface area contributed by atoms with E-state index in [2.05, 4.69) is 20.3 Å². The number of rotatable bonds is 4. The van der Waals surface area contributed by atoms with Crippen LogP contribution in [-0.4, -0.2) is 25.4 Å². The molecule has 0 spiro atoms. The van der Waals surface area contributed by atoms with Crippen molar-refractivity contribution in [3.8, 4) is 11.1 Å². The fraction of sp³-hybridized carbons (Fsp3) is 0.182. The number of hydrogen-bond acceptors (Lipinski definition) is 5. The number of hydrogen-bond donors (Lipinski definition) is 2. The summed E-state index contributed by atoms with van der Waals surface area (Å²) in [5.74, 6) is 0.353. The highest BCUT2D eigenvalue weighted by atomic mass is 16.1. The predicted molar refractivity (Wildman–Crippen MR) is 114 cm³/mol. The van der Waals surface area contributed by atoms with Gasteiger partial charge in [0.15, 0.2) is 0 Å². The van der Waals surface area contributed by atoms with Crippen molar-refractivity contribution in [3.05, 3.63) is 65.9 Å². The van der Waals surface area contributed by atoms with Crippen molar-refractivity contribution in [2.75, 3.05) is 11.1 Å². The summed E-state index contributed by atoms with van der Waals surface area (Å²) in [4.78, 5) is 25.2. The molecule has 7 heteroatoms. The summed E-state index contributed by atoms with van der Waals surface area (Å²) in [6, 6.07) is 11.5. The Labute approximate surface area is 168 Å². The van der Waals surface area contributed by atoms with Crippen LogP contribution < -0.4 is 11.1 Å². The van der Waals surface area contributed by atoms with Gasteiger partial charge < -0.3 is 15.6 Å². The van der Waals surface area contributed by atoms with E-state index in [4.69, 9.17) is 5.73 Å². The van der Waals surface area contributed by atoms with E-state index in [1.807, 2.05) is 68.1 Å². The molecule has 1 aromatic carbocycles. The minimum absolute atomic E-state index is 0.0990. The van der Waals surface area contributed by atoms with Crippen molar-refractivity contribution >= 4 is 28.4 Å². The Morgan fingerprint density at radius 3 is 2.72 bits per heavy atom. The smallest absolute Gasteiger partial charge is 0.230 e. The van der Waals surface area contributed by atoms with Crippen LogP contribution >= 0.6 is 0 Å². The molecule has 0 aliphatic carbocycles. The van der Waals surface area contributed by atoms with Gasteiger partial charge in [-0.2, -0.15) is 0 Å². The van der Waals surface area contributed by atoms with E-state index in [9.17, 15) is 4.79 Å². The highest BCUT2D eigenvalue weighted by molar-refractivity contribution is 6.01. The fourth-order valence-electron chi connectivity index (χ4n) is 3.55. The molecule has 4 aromatic rings. The Morgan fingerprint density at radius 2 is 1.97 bits per heavy atom. The maximum atomic E-state index is 12.4. The number of carbonyl (C=O) groups excluding carboxylic acids is 1. The SMILES string of the molecule is Cc1cccc(CC(=O)Nc2ccc(-c3cn(C)c4ncnc(N)c34)c(C)c2)n1. The van der Waals surface area contributed by atoms with Crippen LogP contribution in [0.4, 0.5) is 11.5 Å². The lowest BCUT2D eigenvalue weighted by Gasteiger charge is -2.10. The number of aromatic nitrogens is 4. The normalized spacial score (nSPS) is 11.0. The third-order valence-corrected chi connectivity index (χ3v) is 4.87. The Kier molecular flexibility index (Phi) is 4.72. The van der Waals surface area contributed by atoms with Crippen molar-refractivity contribution in [3.63, 3.8) is 0 Å². The van der Waals surface area contributed by atoms with Crippen molar-refractivity contribution in [2.45, 2.75) is 20.3 Å². The summed E-state index contributed by atoms with van der Waals surface area (Å²) in [7, 11) is 1.93. The van der Waals surface area contributed by atoms with Gasteiger partial charge >= 0.3 is 0 Å². The highest BCUT2D eigenvalue weighted by Gasteiger charge is 2.15. The van der Waals surface area contributed by atoms with Crippen LogP contribution in [0.5, 0.6) is 0 Å². The van der Waals surface area contributed by atoms with Crippen LogP contribution in [0, 0.1) is 13.8 Å². The topological polar surface area (TPSA) is 98.7 Å². The summed E-state index contributed by atoms with van der Waals surface area (Å²) in [5, 5.41) is 3.78. The van der Waals surface area contributed by atoms with Crippen LogP contribution in [0.1, 0.15) is 17.0 Å². The molecular weight excluding hydrogens is 364 g/mol. The highest BCUT2D eigenvalue weighted by Crippen LogP contribution is 2.34. The molecule has 1 amide bonds. The Morgan fingerprint density at radius 1 is 1.14 bits per heavy atom. The van der Waals surface area contributed by atoms with E-state index in [0.29, 0.717) is 5.82 Å². The minimum atomic E-state index is -0.0990. The van der Waals surface area contributed by atoms with E-state index >= 15 is 0 Å². The maximum absolute atomic E-state index is 12.4. The number of aryl methyl sites for hydroxylation is 3. The lowest BCUT2D eigenvalue weighted by molar-refractivity contribution is -0.115. The number of nitrogens with two attached hydrogens (primary N) is 1. The summed E-state index contributed by atoms with van der Waals surface area (Å²) in [6.45, 7) is 3.92. The van der Waals surface area contributed by atoms with E-state index < -0.39 is 0 Å². The lowest BCUT2D eigenvalue weighted by atomic mass is 10.00. The lowest BCUT2D eigenvalue weighted by Crippen LogP contribution is -2.15. The maximum Gasteiger partial charge on any atom is 0.230 e. The van der Waals surface area contributed by atoms with Gasteiger partial charge in [-0.05, 0) is 49.2 Å². The van der Waals surface area contributed by atoms with Gasteiger partial charge in [-0.1, -0.05) is 12.1 Å². The molecule has 3 aromatic heterocycles. The van der Waals surface area contributed by atoms with Crippen molar-refractivity contribution < 1.29 is 4.79 Å². The number of fused-ring (bicyclic) bond motifs is 1. The molecule has 0 bridgehead atoms. The molecule has 29 heavy (non-hydrogen) atoms. The molecule has 0 saturated carbocycles. The molecule has 7 nitrogen and oxygen atoms in total. The average molecular weight is 386 g/mol. The van der Waals surface area contributed by atoms with Gasteiger partial charge in [-0.3, -0.25) is 9.78 Å². The molecular formula is C22H22N6O. The molecule has 0 unspecified atom stereocenters. The Bertz CT molecular complexity index is 1230. The van der Waals surface area contributed by atoms with E-state index in [-0.39, 0.29) is 12.3 Å². The molecule has 146 valence electrons. The van der Waals surface area contributed by atoms with Crippen LogP contribution in [0.2, 0.25) is 0 Å². The van der Waals surface area contributed by atoms with Crippen LogP contribution in [-0.2, 0) is 18.3 Å². The molecule has 3 N–H and O–H groups in total. The minimum Gasteiger partial charge on any atom is -0.383 e. The second-order valence-corrected chi connectivity index (χ2v) is 7.14. The number of pyridine rings is 1. The quantitative estimate of drug-likeness (QED) is 0.560. The fourth-order valence-corrected chi connectivity index (χ4v) is 3.55. The van der Waals surface area contributed by atoms with Crippen molar-refractivity contribution in [2.24, 2.45) is 7.05 Å². The van der Waals surface area contributed by atoms with E-state index in [0.717, 1.165) is 44.8 Å². The monoisotopic (exact) mass is 386 g/mol. The first-order valence-corrected chi connectivity index (χ1v) is 9.31. The standard InChI is InChI=1S/C22H22N6O/c1-13-9-16(27-19(29)10-15-6-4-5-14(2)26-15)7-8-17(13)18-11-28(3)22-20(18)21(23)24-12-25-22/h4-9,11-12H,10H2,1-3H3,(H,27,29)(H2,23,24,25). The van der Waals surface area contributed by atoms with Gasteiger partial charge in [0.2, 0.25) is 5.91 Å². The predicted octanol–water partition coefficient (Wildman–Crippen LogP) is 3.41. The van der Waals surface area contributed by atoms with Gasteiger partial charge in [0.05, 0.1) is 11.8 Å². The summed E-state index contributed by atoms with van der Waals surface area (Å²) >= 11 is 0. The van der Waals surface area contributed by atoms with Crippen molar-refractivity contribution in [1.82, 2.24) is 19.5 Å². The largest absolute Gasteiger partial charge is 0.383 e. The van der Waals surface area contributed by atoms with Crippen molar-refractivity contribution in [1.29, 1.82) is 0 Å². The number of nitrogen functional groups attached to an aromatic ring is 1. The number of nitrogens with zero attached hydrogens (tertiary/aromatic N) is 4. The zero-order valence-electron chi connectivity index (χ0n) is 16.6. The second kappa shape index (κ2) is 7.35. The molecule has 3 heterocycles. The van der Waals surface area contributed by atoms with Gasteiger partial charge in [-0.15, -0.1) is 0 Å². The summed E-state index contributed by atoms with van der Waals surface area (Å²) in [6.07, 6.45) is 3.70. The molecule has 0 radical (unpaired) electrons. The molecule has 0 aliphatic rings. The van der Waals surface area contributed by atoms with Crippen LogP contribution in [0.15, 0.2) is 48.9 Å². The van der Waals surface area contributed by atoms with Gasteiger partial charge in [0.25, 0.3) is 0 Å². The van der Waals surface area contributed by atoms with Crippen LogP contribution in [0.25, 0.3) is 22.2 Å². The number of anilines is 2. The second-order valence-electron chi connectivity index (χ2n) is 7.14. The van der Waals surface area contributed by atoms with Gasteiger partial charge in [0, 0.05) is 35.9 Å². The first-order valence-electron chi connectivity index (χ1n) is 9.31. The summed E-state index contributed by atoms with van der Waals surface area (Å²) in [5.41, 5.74) is 12.3. The molecule has 4 rings (SSSR count). The average Bonchev–Trinajstić information content (AvgIpc) is 3.00. The zero-order chi connectivity index (χ0) is 20.5. The molecule has 0 aliphatic heterocycles. The van der Waals surface area contributed by atoms with E-state index in [1.54, 1.807) is 0 Å². The molecule has 0 atom stereocenters. The first-order chi connectivity index (χ1) is 13.9. The number of amides is 1. The van der Waals surface area contributed by atoms with E-state index in [1.165, 1.54) is 6.33 Å². The Balaban J connectivity index is 1.60. The van der Waals surface area contributed by atoms with Crippen LogP contribution in [0.3, 0.4) is 0 Å². The number of carbonyl (C=O) groups is 1. The summed E-state index contributed by atoms with van der Waals surface area (Å²) < 4.78 is 1.94. The first kappa shape index (κ1) is 18.6. The van der Waals surface area contributed by atoms with Gasteiger partial charge in [0.1, 0.15) is 17.8 Å². The zero-order valence-corrected chi connectivity index (χ0v) is 16.6. The third-order valence-electron chi connectivity index (χ3n) is 4.87. The Hall–Kier alpha value is -3.74. The number of nitrogens with one attached hydrogen (secondary N) is 1. The number of benzene rings is 1. The van der Waals surface area contributed by atoms with Gasteiger partial charge in [-0.25, -0.2) is 9.97 Å². The molecule has 0 saturated heterocycles. The molecule has 0 fully saturated rings.